The fourth-order valence-electron chi connectivity index (χ4n) is 1.68. The molecule has 1 aliphatic heterocycles. The molecule has 0 aromatic carbocycles. The predicted octanol–water partition coefficient (Wildman–Crippen LogP) is -0.745. The van der Waals surface area contributed by atoms with Gasteiger partial charge in [0.1, 0.15) is 6.04 Å². The van der Waals surface area contributed by atoms with Gasteiger partial charge in [-0.2, -0.15) is 0 Å². The smallest absolute Gasteiger partial charge is 0.318 e. The van der Waals surface area contributed by atoms with E-state index in [9.17, 15) is 9.59 Å². The fraction of sp³-hybridized carbons (Fsp3) is 0.800. The summed E-state index contributed by atoms with van der Waals surface area (Å²) >= 11 is 0. The van der Waals surface area contributed by atoms with Crippen molar-refractivity contribution in [3.8, 4) is 0 Å². The number of hydrogen-bond donors (Lipinski definition) is 3. The van der Waals surface area contributed by atoms with Crippen molar-refractivity contribution in [3.63, 3.8) is 0 Å². The zero-order valence-corrected chi connectivity index (χ0v) is 9.66. The van der Waals surface area contributed by atoms with Crippen molar-refractivity contribution in [1.82, 2.24) is 15.5 Å². The van der Waals surface area contributed by atoms with E-state index >= 15 is 0 Å². The highest BCUT2D eigenvalue weighted by Gasteiger charge is 2.30. The highest BCUT2D eigenvalue weighted by atomic mass is 16.2. The molecule has 3 amide bonds. The van der Waals surface area contributed by atoms with Crippen LogP contribution in [-0.4, -0.2) is 49.1 Å². The summed E-state index contributed by atoms with van der Waals surface area (Å²) in [7, 11) is 0. The number of nitrogens with zero attached hydrogens (tertiary/aromatic N) is 1. The summed E-state index contributed by atoms with van der Waals surface area (Å²) < 4.78 is 0. The van der Waals surface area contributed by atoms with Crippen molar-refractivity contribution in [3.05, 3.63) is 0 Å². The van der Waals surface area contributed by atoms with Gasteiger partial charge in [-0.05, 0) is 6.42 Å². The SMILES string of the molecule is CCCCNC(=O)N1CCNC[C@@H]1C(N)=O. The maximum absolute atomic E-state index is 11.8. The molecular formula is C10H20N4O2. The molecule has 0 bridgehead atoms. The number of carbonyl (C=O) groups is 2. The van der Waals surface area contributed by atoms with E-state index < -0.39 is 11.9 Å². The lowest BCUT2D eigenvalue weighted by Gasteiger charge is -2.34. The number of amides is 3. The normalized spacial score (nSPS) is 20.6. The fourth-order valence-corrected chi connectivity index (χ4v) is 1.68. The van der Waals surface area contributed by atoms with E-state index in [2.05, 4.69) is 17.6 Å². The number of primary amides is 1. The Labute approximate surface area is 95.5 Å². The molecule has 6 nitrogen and oxygen atoms in total. The summed E-state index contributed by atoms with van der Waals surface area (Å²) in [6.45, 7) is 4.36. The molecule has 1 heterocycles. The van der Waals surface area contributed by atoms with Crippen LogP contribution >= 0.6 is 0 Å². The average molecular weight is 228 g/mol. The maximum atomic E-state index is 11.8. The van der Waals surface area contributed by atoms with Crippen molar-refractivity contribution in [2.75, 3.05) is 26.2 Å². The first-order valence-electron chi connectivity index (χ1n) is 5.71. The number of piperazine rings is 1. The first kappa shape index (κ1) is 12.8. The van der Waals surface area contributed by atoms with Gasteiger partial charge >= 0.3 is 6.03 Å². The number of hydrogen-bond acceptors (Lipinski definition) is 3. The Hall–Kier alpha value is -1.30. The van der Waals surface area contributed by atoms with Gasteiger partial charge in [0.2, 0.25) is 5.91 Å². The quantitative estimate of drug-likeness (QED) is 0.554. The number of nitrogens with one attached hydrogen (secondary N) is 2. The monoisotopic (exact) mass is 228 g/mol. The molecule has 4 N–H and O–H groups in total. The molecule has 16 heavy (non-hydrogen) atoms. The van der Waals surface area contributed by atoms with E-state index in [-0.39, 0.29) is 6.03 Å². The maximum Gasteiger partial charge on any atom is 0.318 e. The van der Waals surface area contributed by atoms with Gasteiger partial charge in [-0.1, -0.05) is 13.3 Å². The number of rotatable bonds is 4. The Morgan fingerprint density at radius 2 is 2.31 bits per heavy atom. The average Bonchev–Trinajstić information content (AvgIpc) is 2.29. The molecule has 0 aliphatic carbocycles. The van der Waals surface area contributed by atoms with Crippen molar-refractivity contribution in [2.45, 2.75) is 25.8 Å². The molecule has 0 aromatic rings. The number of nitrogens with two attached hydrogens (primary N) is 1. The highest BCUT2D eigenvalue weighted by molar-refractivity contribution is 5.86. The number of carbonyl (C=O) groups excluding carboxylic acids is 2. The van der Waals surface area contributed by atoms with Gasteiger partial charge < -0.3 is 21.3 Å². The van der Waals surface area contributed by atoms with E-state index in [1.807, 2.05) is 0 Å². The summed E-state index contributed by atoms with van der Waals surface area (Å²) in [6.07, 6.45) is 1.97. The Morgan fingerprint density at radius 1 is 1.56 bits per heavy atom. The zero-order valence-electron chi connectivity index (χ0n) is 9.66. The third-order valence-electron chi connectivity index (χ3n) is 2.64. The lowest BCUT2D eigenvalue weighted by atomic mass is 10.2. The topological polar surface area (TPSA) is 87.5 Å². The van der Waals surface area contributed by atoms with Crippen molar-refractivity contribution < 1.29 is 9.59 Å². The molecule has 6 heteroatoms. The van der Waals surface area contributed by atoms with E-state index in [0.717, 1.165) is 12.8 Å². The molecule has 1 saturated heterocycles. The summed E-state index contributed by atoms with van der Waals surface area (Å²) in [6, 6.07) is -0.728. The second-order valence-electron chi connectivity index (χ2n) is 3.90. The molecule has 1 aliphatic rings. The molecule has 0 unspecified atom stereocenters. The van der Waals surface area contributed by atoms with Crippen molar-refractivity contribution >= 4 is 11.9 Å². The number of unbranched alkanes of at least 4 members (excludes halogenated alkanes) is 1. The number of urea groups is 1. The van der Waals surface area contributed by atoms with Crippen LogP contribution in [0.25, 0.3) is 0 Å². The van der Waals surface area contributed by atoms with Crippen LogP contribution < -0.4 is 16.4 Å². The van der Waals surface area contributed by atoms with E-state index in [0.29, 0.717) is 26.2 Å². The second kappa shape index (κ2) is 6.32. The largest absolute Gasteiger partial charge is 0.368 e. The van der Waals surface area contributed by atoms with Crippen LogP contribution in [0.1, 0.15) is 19.8 Å². The first-order chi connectivity index (χ1) is 7.66. The molecule has 1 fully saturated rings. The standard InChI is InChI=1S/C10H20N4O2/c1-2-3-4-13-10(16)14-6-5-12-7-8(14)9(11)15/h8,12H,2-7H2,1H3,(H2,11,15)(H,13,16)/t8-/m1/s1. The molecule has 0 radical (unpaired) electrons. The van der Waals surface area contributed by atoms with Crippen LogP contribution in [0.2, 0.25) is 0 Å². The van der Waals surface area contributed by atoms with Gasteiger partial charge in [0.25, 0.3) is 0 Å². The summed E-state index contributed by atoms with van der Waals surface area (Å²) in [4.78, 5) is 24.4. The van der Waals surface area contributed by atoms with Crippen LogP contribution in [0, 0.1) is 0 Å². The predicted molar refractivity (Wildman–Crippen MR) is 60.9 cm³/mol. The van der Waals surface area contributed by atoms with Crippen LogP contribution in [0.3, 0.4) is 0 Å². The minimum atomic E-state index is -0.532. The van der Waals surface area contributed by atoms with Gasteiger partial charge in [-0.3, -0.25) is 4.79 Å². The summed E-state index contributed by atoms with van der Waals surface area (Å²) in [5.41, 5.74) is 5.25. The summed E-state index contributed by atoms with van der Waals surface area (Å²) in [5, 5.41) is 5.84. The third-order valence-corrected chi connectivity index (χ3v) is 2.64. The van der Waals surface area contributed by atoms with Gasteiger partial charge in [-0.25, -0.2) is 4.79 Å². The van der Waals surface area contributed by atoms with Gasteiger partial charge in [0.05, 0.1) is 0 Å². The zero-order chi connectivity index (χ0) is 12.0. The molecule has 92 valence electrons. The Balaban J connectivity index is 2.47. The Morgan fingerprint density at radius 3 is 2.94 bits per heavy atom. The minimum Gasteiger partial charge on any atom is -0.368 e. The van der Waals surface area contributed by atoms with Gasteiger partial charge in [0, 0.05) is 26.2 Å². The lowest BCUT2D eigenvalue weighted by molar-refractivity contribution is -0.122. The second-order valence-corrected chi connectivity index (χ2v) is 3.90. The van der Waals surface area contributed by atoms with E-state index in [1.54, 1.807) is 0 Å². The van der Waals surface area contributed by atoms with Crippen LogP contribution in [-0.2, 0) is 4.79 Å². The first-order valence-corrected chi connectivity index (χ1v) is 5.71. The Kier molecular flexibility index (Phi) is 5.04. The van der Waals surface area contributed by atoms with Crippen LogP contribution in [0.4, 0.5) is 4.79 Å². The highest BCUT2D eigenvalue weighted by Crippen LogP contribution is 2.03. The lowest BCUT2D eigenvalue weighted by Crippen LogP contribution is -2.60. The van der Waals surface area contributed by atoms with E-state index in [1.165, 1.54) is 4.90 Å². The molecule has 1 atom stereocenters. The molecule has 0 saturated carbocycles. The van der Waals surface area contributed by atoms with Crippen molar-refractivity contribution in [1.29, 1.82) is 0 Å². The molecular weight excluding hydrogens is 208 g/mol. The minimum absolute atomic E-state index is 0.196. The third kappa shape index (κ3) is 3.37. The molecule has 1 rings (SSSR count). The van der Waals surface area contributed by atoms with E-state index in [4.69, 9.17) is 5.73 Å². The molecule has 0 aromatic heterocycles. The van der Waals surface area contributed by atoms with Gasteiger partial charge in [0.15, 0.2) is 0 Å². The summed E-state index contributed by atoms with van der Waals surface area (Å²) in [5.74, 6) is -0.460. The van der Waals surface area contributed by atoms with Crippen LogP contribution in [0.15, 0.2) is 0 Å². The molecule has 0 spiro atoms. The Bertz CT molecular complexity index is 257. The van der Waals surface area contributed by atoms with Crippen LogP contribution in [0.5, 0.6) is 0 Å². The van der Waals surface area contributed by atoms with Gasteiger partial charge in [-0.15, -0.1) is 0 Å². The van der Waals surface area contributed by atoms with Crippen molar-refractivity contribution in [2.24, 2.45) is 5.73 Å².